The minimum Gasteiger partial charge on any atom is -0.490 e. The molecule has 2 unspecified atom stereocenters. The van der Waals surface area contributed by atoms with Gasteiger partial charge in [-0.2, -0.15) is 19.0 Å². The van der Waals surface area contributed by atoms with Gasteiger partial charge in [0.25, 0.3) is 0 Å². The van der Waals surface area contributed by atoms with Crippen LogP contribution < -0.4 is 14.2 Å². The molecular formula is C42H33Cl2F4N7O5. The highest BCUT2D eigenvalue weighted by Crippen LogP contribution is 2.34. The molecule has 0 bridgehead atoms. The molecule has 5 heterocycles. The molecule has 9 rings (SSSR count). The molecule has 12 nitrogen and oxygen atoms in total. The smallest absolute Gasteiger partial charge is 0.490 e. The number of fused-ring (bicyclic) bond motifs is 2. The Kier molecular flexibility index (Phi) is 10.6. The second-order valence-corrected chi connectivity index (χ2v) is 15.0. The molecule has 1 fully saturated rings. The first-order valence-electron chi connectivity index (χ1n) is 18.8. The number of hydrogen-bond acceptors (Lipinski definition) is 10. The van der Waals surface area contributed by atoms with Crippen LogP contribution in [-0.4, -0.2) is 59.7 Å². The molecule has 1 aliphatic heterocycles. The van der Waals surface area contributed by atoms with Gasteiger partial charge in [-0.1, -0.05) is 47.5 Å². The number of likely N-dealkylation sites (tertiary alicyclic amines) is 1. The third kappa shape index (κ3) is 8.35. The fourth-order valence-electron chi connectivity index (χ4n) is 7.31. The van der Waals surface area contributed by atoms with Gasteiger partial charge in [0, 0.05) is 43.1 Å². The molecule has 8 aromatic rings. The second-order valence-electron chi connectivity index (χ2n) is 14.2. The van der Waals surface area contributed by atoms with Crippen molar-refractivity contribution in [1.29, 1.82) is 0 Å². The molecule has 0 radical (unpaired) electrons. The molecule has 4 aromatic carbocycles. The van der Waals surface area contributed by atoms with Gasteiger partial charge in [-0.15, -0.1) is 23.4 Å². The van der Waals surface area contributed by atoms with E-state index in [2.05, 4.69) is 19.6 Å². The Hall–Kier alpha value is -6.10. The number of rotatable bonds is 12. The first kappa shape index (κ1) is 39.4. The van der Waals surface area contributed by atoms with Crippen LogP contribution >= 0.6 is 23.2 Å². The van der Waals surface area contributed by atoms with E-state index in [4.69, 9.17) is 51.7 Å². The van der Waals surface area contributed by atoms with Gasteiger partial charge in [0.1, 0.15) is 53.0 Å². The monoisotopic (exact) mass is 861 g/mol. The van der Waals surface area contributed by atoms with E-state index in [-0.39, 0.29) is 41.8 Å². The summed E-state index contributed by atoms with van der Waals surface area (Å²) >= 11 is 13.0. The summed E-state index contributed by atoms with van der Waals surface area (Å²) in [6, 6.07) is 25.4. The molecule has 0 aliphatic carbocycles. The van der Waals surface area contributed by atoms with Crippen molar-refractivity contribution in [3.63, 3.8) is 0 Å². The van der Waals surface area contributed by atoms with Gasteiger partial charge in [0.15, 0.2) is 11.6 Å². The van der Waals surface area contributed by atoms with Crippen LogP contribution in [0.4, 0.5) is 17.6 Å². The molecule has 0 N–H and O–H groups in total. The van der Waals surface area contributed by atoms with Crippen molar-refractivity contribution < 1.29 is 40.6 Å². The van der Waals surface area contributed by atoms with E-state index in [0.29, 0.717) is 94.1 Å². The number of ether oxygens (including phenoxy) is 3. The fourth-order valence-corrected chi connectivity index (χ4v) is 7.75. The lowest BCUT2D eigenvalue weighted by molar-refractivity contribution is -0.274. The third-order valence-electron chi connectivity index (χ3n) is 10.2. The van der Waals surface area contributed by atoms with Gasteiger partial charge in [0.05, 0.1) is 15.7 Å². The van der Waals surface area contributed by atoms with Crippen molar-refractivity contribution in [2.75, 3.05) is 13.1 Å². The van der Waals surface area contributed by atoms with Crippen LogP contribution in [0.1, 0.15) is 29.3 Å². The summed E-state index contributed by atoms with van der Waals surface area (Å²) in [6.45, 7) is 3.44. The molecule has 0 saturated carbocycles. The Morgan fingerprint density at radius 2 is 1.33 bits per heavy atom. The maximum Gasteiger partial charge on any atom is 0.573 e. The lowest BCUT2D eigenvalue weighted by atomic mass is 9.89. The van der Waals surface area contributed by atoms with E-state index in [0.717, 1.165) is 5.69 Å². The summed E-state index contributed by atoms with van der Waals surface area (Å²) < 4.78 is 84.7. The molecule has 1 saturated heterocycles. The standard InChI is InChI=1S/C42H33Cl2F4N7O5/c1-24-34(54-40(57-24)49-38(51-54)30-6-2-4-8-32(30)43)22-53-19-18-36(58-28-12-10-26(45)11-13-28)25(21-53)20-37-35(23-56-27-14-16-29(17-15-27)60-42(46,47)48)55-41(59-37)50-39(52-55)31-7-3-5-9-33(31)44/h2-17,25,36H,18-23H2,1H3. The van der Waals surface area contributed by atoms with E-state index < -0.39 is 6.36 Å². The maximum atomic E-state index is 13.9. The number of piperidine rings is 1. The molecule has 18 heteroatoms. The number of alkyl halides is 3. The van der Waals surface area contributed by atoms with Crippen molar-refractivity contribution >= 4 is 34.9 Å². The Bertz CT molecular complexity index is 2790. The fraction of sp³-hybridized carbons (Fsp3) is 0.238. The van der Waals surface area contributed by atoms with Crippen LogP contribution in [0, 0.1) is 18.7 Å². The Labute approximate surface area is 348 Å². The van der Waals surface area contributed by atoms with Crippen molar-refractivity contribution in [3.8, 4) is 40.0 Å². The maximum absolute atomic E-state index is 13.9. The van der Waals surface area contributed by atoms with Crippen molar-refractivity contribution in [2.24, 2.45) is 5.92 Å². The number of hydrogen-bond donors (Lipinski definition) is 0. The highest BCUT2D eigenvalue weighted by molar-refractivity contribution is 6.33. The second kappa shape index (κ2) is 16.2. The van der Waals surface area contributed by atoms with Gasteiger partial charge in [0.2, 0.25) is 0 Å². The third-order valence-corrected chi connectivity index (χ3v) is 10.8. The van der Waals surface area contributed by atoms with Crippen molar-refractivity contribution in [1.82, 2.24) is 34.1 Å². The van der Waals surface area contributed by atoms with E-state index in [1.807, 2.05) is 31.2 Å². The minimum absolute atomic E-state index is 0.0840. The lowest BCUT2D eigenvalue weighted by Gasteiger charge is -2.38. The molecule has 2 atom stereocenters. The quantitative estimate of drug-likeness (QED) is 0.110. The minimum atomic E-state index is -4.83. The molecule has 60 heavy (non-hydrogen) atoms. The van der Waals surface area contributed by atoms with E-state index in [1.54, 1.807) is 45.4 Å². The lowest BCUT2D eigenvalue weighted by Crippen LogP contribution is -2.46. The van der Waals surface area contributed by atoms with Crippen LogP contribution in [-0.2, 0) is 19.6 Å². The number of oxazole rings is 2. The van der Waals surface area contributed by atoms with Crippen LogP contribution in [0.5, 0.6) is 17.2 Å². The Morgan fingerprint density at radius 1 is 0.750 bits per heavy atom. The highest BCUT2D eigenvalue weighted by Gasteiger charge is 2.35. The first-order valence-corrected chi connectivity index (χ1v) is 19.5. The summed E-state index contributed by atoms with van der Waals surface area (Å²) in [5, 5.41) is 10.5. The average Bonchev–Trinajstić information content (AvgIpc) is 3.97. The molecule has 0 spiro atoms. The molecular weight excluding hydrogens is 829 g/mol. The van der Waals surface area contributed by atoms with Crippen LogP contribution in [0.15, 0.2) is 106 Å². The molecule has 0 amide bonds. The summed E-state index contributed by atoms with van der Waals surface area (Å²) in [5.74, 6) is 2.33. The number of benzene rings is 4. The van der Waals surface area contributed by atoms with E-state index in [1.165, 1.54) is 36.4 Å². The molecule has 4 aromatic heterocycles. The topological polar surface area (TPSA) is 118 Å². The predicted octanol–water partition coefficient (Wildman–Crippen LogP) is 10.0. The molecule has 1 aliphatic rings. The Balaban J connectivity index is 1.03. The largest absolute Gasteiger partial charge is 0.573 e. The van der Waals surface area contributed by atoms with Gasteiger partial charge < -0.3 is 23.0 Å². The molecule has 308 valence electrons. The van der Waals surface area contributed by atoms with Crippen LogP contribution in [0.2, 0.25) is 10.0 Å². The van der Waals surface area contributed by atoms with E-state index in [9.17, 15) is 17.6 Å². The van der Waals surface area contributed by atoms with Gasteiger partial charge in [-0.25, -0.2) is 4.39 Å². The summed E-state index contributed by atoms with van der Waals surface area (Å²) in [7, 11) is 0. The summed E-state index contributed by atoms with van der Waals surface area (Å²) in [4.78, 5) is 11.5. The van der Waals surface area contributed by atoms with Gasteiger partial charge >= 0.3 is 18.1 Å². The summed E-state index contributed by atoms with van der Waals surface area (Å²) in [6.07, 6.45) is -4.21. The number of aromatic nitrogens is 6. The average molecular weight is 863 g/mol. The zero-order chi connectivity index (χ0) is 41.5. The number of halogens is 6. The van der Waals surface area contributed by atoms with Crippen molar-refractivity contribution in [2.45, 2.75) is 45.4 Å². The predicted molar refractivity (Wildman–Crippen MR) is 211 cm³/mol. The number of nitrogens with zero attached hydrogens (tertiary/aromatic N) is 7. The zero-order valence-electron chi connectivity index (χ0n) is 31.6. The van der Waals surface area contributed by atoms with Crippen molar-refractivity contribution in [3.05, 3.63) is 136 Å². The summed E-state index contributed by atoms with van der Waals surface area (Å²) in [5.41, 5.74) is 2.62. The van der Waals surface area contributed by atoms with Gasteiger partial charge in [-0.05, 0) is 86.1 Å². The van der Waals surface area contributed by atoms with Crippen LogP contribution in [0.25, 0.3) is 34.5 Å². The highest BCUT2D eigenvalue weighted by atomic mass is 35.5. The van der Waals surface area contributed by atoms with Crippen LogP contribution in [0.3, 0.4) is 0 Å². The Morgan fingerprint density at radius 3 is 1.97 bits per heavy atom. The number of aryl methyl sites for hydroxylation is 1. The normalized spacial score (nSPS) is 16.2. The first-order chi connectivity index (χ1) is 28.9. The van der Waals surface area contributed by atoms with Gasteiger partial charge in [-0.3, -0.25) is 4.90 Å². The SMILES string of the molecule is Cc1oc2nc(-c3ccccc3Cl)nn2c1CN1CCC(Oc2ccc(F)cc2)C(Cc2oc3nc(-c4ccccc4Cl)nn3c2COc2ccc(OC(F)(F)F)cc2)C1. The van der Waals surface area contributed by atoms with E-state index >= 15 is 0 Å². The zero-order valence-corrected chi connectivity index (χ0v) is 33.1.